The van der Waals surface area contributed by atoms with Crippen LogP contribution in [0.25, 0.3) is 0 Å². The Labute approximate surface area is 130 Å². The van der Waals surface area contributed by atoms with Gasteiger partial charge in [-0.25, -0.2) is 0 Å². The minimum atomic E-state index is 0.176. The van der Waals surface area contributed by atoms with Crippen LogP contribution in [0.5, 0.6) is 0 Å². The van der Waals surface area contributed by atoms with Crippen molar-refractivity contribution in [3.05, 3.63) is 35.9 Å². The zero-order chi connectivity index (χ0) is 15.5. The lowest BCUT2D eigenvalue weighted by Crippen LogP contribution is -2.34. The zero-order valence-electron chi connectivity index (χ0n) is 14.0. The molecule has 0 amide bonds. The van der Waals surface area contributed by atoms with Crippen LogP contribution in [0.15, 0.2) is 30.3 Å². The summed E-state index contributed by atoms with van der Waals surface area (Å²) >= 11 is 0. The first kappa shape index (κ1) is 18.1. The molecule has 3 nitrogen and oxygen atoms in total. The van der Waals surface area contributed by atoms with Crippen LogP contribution < -0.4 is 5.32 Å². The summed E-state index contributed by atoms with van der Waals surface area (Å²) in [7, 11) is 0. The number of hydrogen-bond acceptors (Lipinski definition) is 3. The second kappa shape index (κ2) is 10.8. The largest absolute Gasteiger partial charge is 0.379 e. The fraction of sp³-hybridized carbons (Fsp3) is 0.667. The Morgan fingerprint density at radius 2 is 1.76 bits per heavy atom. The monoisotopic (exact) mass is 293 g/mol. The van der Waals surface area contributed by atoms with Crippen LogP contribution in [0.4, 0.5) is 0 Å². The summed E-state index contributed by atoms with van der Waals surface area (Å²) < 4.78 is 11.6. The number of rotatable bonds is 11. The van der Waals surface area contributed by atoms with Crippen molar-refractivity contribution in [2.45, 2.75) is 46.3 Å². The summed E-state index contributed by atoms with van der Waals surface area (Å²) in [6.45, 7) is 11.7. The van der Waals surface area contributed by atoms with Crippen LogP contribution in [-0.4, -0.2) is 32.5 Å². The Morgan fingerprint density at radius 3 is 2.33 bits per heavy atom. The van der Waals surface area contributed by atoms with Gasteiger partial charge in [0.05, 0.1) is 25.4 Å². The van der Waals surface area contributed by atoms with Gasteiger partial charge < -0.3 is 14.8 Å². The van der Waals surface area contributed by atoms with Crippen LogP contribution >= 0.6 is 0 Å². The van der Waals surface area contributed by atoms with E-state index in [9.17, 15) is 0 Å². The quantitative estimate of drug-likeness (QED) is 0.629. The topological polar surface area (TPSA) is 30.5 Å². The van der Waals surface area contributed by atoms with Crippen molar-refractivity contribution >= 4 is 0 Å². The molecule has 1 aromatic rings. The maximum absolute atomic E-state index is 6.05. The maximum atomic E-state index is 6.05. The lowest BCUT2D eigenvalue weighted by molar-refractivity contribution is -0.0175. The molecule has 0 saturated heterocycles. The van der Waals surface area contributed by atoms with Crippen LogP contribution in [0, 0.1) is 5.92 Å². The fourth-order valence-electron chi connectivity index (χ4n) is 2.37. The predicted octanol–water partition coefficient (Wildman–Crippen LogP) is 3.81. The van der Waals surface area contributed by atoms with Crippen LogP contribution in [-0.2, 0) is 9.47 Å². The number of benzene rings is 1. The maximum Gasteiger partial charge on any atom is 0.0768 e. The summed E-state index contributed by atoms with van der Waals surface area (Å²) in [5.74, 6) is 0.575. The highest BCUT2D eigenvalue weighted by molar-refractivity contribution is 5.20. The number of ether oxygens (including phenoxy) is 2. The van der Waals surface area contributed by atoms with E-state index in [2.05, 4.69) is 57.3 Å². The highest BCUT2D eigenvalue weighted by atomic mass is 16.5. The van der Waals surface area contributed by atoms with Crippen LogP contribution in [0.2, 0.25) is 0 Å². The smallest absolute Gasteiger partial charge is 0.0768 e. The second-order valence-electron chi connectivity index (χ2n) is 5.73. The molecule has 2 unspecified atom stereocenters. The lowest BCUT2D eigenvalue weighted by Gasteiger charge is -2.27. The molecule has 1 aromatic carbocycles. The van der Waals surface area contributed by atoms with E-state index in [-0.39, 0.29) is 12.1 Å². The van der Waals surface area contributed by atoms with E-state index < -0.39 is 0 Å². The Morgan fingerprint density at radius 1 is 1.05 bits per heavy atom. The first-order valence-corrected chi connectivity index (χ1v) is 8.16. The van der Waals surface area contributed by atoms with Gasteiger partial charge in [-0.1, -0.05) is 58.0 Å². The molecule has 0 aliphatic rings. The molecule has 1 rings (SSSR count). The molecule has 1 N–H and O–H groups in total. The van der Waals surface area contributed by atoms with Gasteiger partial charge in [0.2, 0.25) is 0 Å². The highest BCUT2D eigenvalue weighted by Gasteiger charge is 2.21. The normalized spacial score (nSPS) is 14.3. The summed E-state index contributed by atoms with van der Waals surface area (Å²) in [6, 6.07) is 10.8. The van der Waals surface area contributed by atoms with Crippen molar-refractivity contribution in [2.75, 3.05) is 26.4 Å². The third-order valence-electron chi connectivity index (χ3n) is 3.37. The van der Waals surface area contributed by atoms with Gasteiger partial charge in [0, 0.05) is 6.61 Å². The van der Waals surface area contributed by atoms with Gasteiger partial charge in [0.15, 0.2) is 0 Å². The van der Waals surface area contributed by atoms with E-state index in [1.807, 2.05) is 6.07 Å². The van der Waals surface area contributed by atoms with Gasteiger partial charge in [-0.2, -0.15) is 0 Å². The third-order valence-corrected chi connectivity index (χ3v) is 3.37. The predicted molar refractivity (Wildman–Crippen MR) is 88.5 cm³/mol. The Balaban J connectivity index is 2.50. The highest BCUT2D eigenvalue weighted by Crippen LogP contribution is 2.21. The number of likely N-dealkylation sites (N-methyl/N-ethyl adjacent to an activating group) is 1. The van der Waals surface area contributed by atoms with Crippen LogP contribution in [0.1, 0.15) is 45.7 Å². The number of nitrogens with one attached hydrogen (secondary N) is 1. The molecule has 0 aromatic heterocycles. The molecular formula is C18H31NO2. The standard InChI is InChI=1S/C18H31NO2/c1-5-17(21-13-12-20-14-15(3)4)18(19-6-2)16-10-8-7-9-11-16/h7-11,15,17-19H,5-6,12-14H2,1-4H3. The molecule has 0 radical (unpaired) electrons. The summed E-state index contributed by atoms with van der Waals surface area (Å²) in [6.07, 6.45) is 1.16. The van der Waals surface area contributed by atoms with E-state index in [4.69, 9.17) is 9.47 Å². The molecule has 0 saturated carbocycles. The van der Waals surface area contributed by atoms with Gasteiger partial charge in [-0.3, -0.25) is 0 Å². The van der Waals surface area contributed by atoms with Gasteiger partial charge in [0.1, 0.15) is 0 Å². The average molecular weight is 293 g/mol. The summed E-state index contributed by atoms with van der Waals surface area (Å²) in [5.41, 5.74) is 1.29. The van der Waals surface area contributed by atoms with E-state index in [0.29, 0.717) is 19.1 Å². The Hall–Kier alpha value is -0.900. The molecule has 21 heavy (non-hydrogen) atoms. The van der Waals surface area contributed by atoms with Gasteiger partial charge in [-0.05, 0) is 24.4 Å². The molecule has 0 bridgehead atoms. The molecular weight excluding hydrogens is 262 g/mol. The molecule has 0 aliphatic heterocycles. The zero-order valence-corrected chi connectivity index (χ0v) is 14.0. The minimum absolute atomic E-state index is 0.176. The van der Waals surface area contributed by atoms with Crippen molar-refractivity contribution in [1.29, 1.82) is 0 Å². The average Bonchev–Trinajstić information content (AvgIpc) is 2.50. The molecule has 2 atom stereocenters. The first-order valence-electron chi connectivity index (χ1n) is 8.16. The van der Waals surface area contributed by atoms with Gasteiger partial charge in [-0.15, -0.1) is 0 Å². The molecule has 120 valence electrons. The summed E-state index contributed by atoms with van der Waals surface area (Å²) in [5, 5.41) is 3.54. The van der Waals surface area contributed by atoms with Crippen molar-refractivity contribution in [3.63, 3.8) is 0 Å². The van der Waals surface area contributed by atoms with E-state index in [1.54, 1.807) is 0 Å². The summed E-state index contributed by atoms with van der Waals surface area (Å²) in [4.78, 5) is 0. The molecule has 0 spiro atoms. The van der Waals surface area contributed by atoms with Crippen molar-refractivity contribution < 1.29 is 9.47 Å². The molecule has 3 heteroatoms. The number of hydrogen-bond donors (Lipinski definition) is 1. The second-order valence-corrected chi connectivity index (χ2v) is 5.73. The van der Waals surface area contributed by atoms with Crippen molar-refractivity contribution in [1.82, 2.24) is 5.32 Å². The Kier molecular flexibility index (Phi) is 9.31. The van der Waals surface area contributed by atoms with E-state index in [1.165, 1.54) is 5.56 Å². The molecule has 0 heterocycles. The molecule has 0 fully saturated rings. The van der Waals surface area contributed by atoms with Crippen molar-refractivity contribution in [2.24, 2.45) is 5.92 Å². The van der Waals surface area contributed by atoms with Crippen LogP contribution in [0.3, 0.4) is 0 Å². The first-order chi connectivity index (χ1) is 10.2. The van der Waals surface area contributed by atoms with Gasteiger partial charge >= 0.3 is 0 Å². The van der Waals surface area contributed by atoms with Gasteiger partial charge in [0.25, 0.3) is 0 Å². The fourth-order valence-corrected chi connectivity index (χ4v) is 2.37. The minimum Gasteiger partial charge on any atom is -0.379 e. The SMILES string of the molecule is CCNC(c1ccccc1)C(CC)OCCOCC(C)C. The van der Waals surface area contributed by atoms with E-state index >= 15 is 0 Å². The lowest BCUT2D eigenvalue weighted by atomic mass is 9.99. The third kappa shape index (κ3) is 7.07. The Bertz CT molecular complexity index is 353. The van der Waals surface area contributed by atoms with Crippen molar-refractivity contribution in [3.8, 4) is 0 Å². The van der Waals surface area contributed by atoms with E-state index in [0.717, 1.165) is 19.6 Å². The molecule has 0 aliphatic carbocycles.